The molecule has 0 saturated carbocycles. The van der Waals surface area contributed by atoms with Gasteiger partial charge in [-0.1, -0.05) is 0 Å². The highest BCUT2D eigenvalue weighted by atomic mass is 16.5. The Kier molecular flexibility index (Phi) is 4.29. The topological polar surface area (TPSA) is 73.5 Å². The average molecular weight is 221 g/mol. The number of ether oxygens (including phenoxy) is 1. The first kappa shape index (κ1) is 12.5. The van der Waals surface area contributed by atoms with Crippen molar-refractivity contribution < 1.29 is 14.9 Å². The lowest BCUT2D eigenvalue weighted by atomic mass is 10.1. The molecule has 0 aliphatic carbocycles. The van der Waals surface area contributed by atoms with Crippen molar-refractivity contribution in [2.24, 2.45) is 0 Å². The number of hydrogen-bond acceptors (Lipinski definition) is 4. The summed E-state index contributed by atoms with van der Waals surface area (Å²) in [6, 6.07) is 5.53. The van der Waals surface area contributed by atoms with Crippen LogP contribution in [0.15, 0.2) is 12.1 Å². The number of nitriles is 1. The van der Waals surface area contributed by atoms with E-state index >= 15 is 0 Å². The molecule has 0 amide bonds. The number of aliphatic hydroxyl groups is 2. The molecule has 0 aliphatic heterocycles. The molecule has 86 valence electrons. The summed E-state index contributed by atoms with van der Waals surface area (Å²) in [7, 11) is 0. The van der Waals surface area contributed by atoms with E-state index in [2.05, 4.69) is 6.07 Å². The third kappa shape index (κ3) is 2.96. The molecule has 1 aromatic rings. The number of rotatable bonds is 4. The number of nitrogens with zero attached hydrogens (tertiary/aromatic N) is 1. The fraction of sp³-hybridized carbons (Fsp3) is 0.417. The van der Waals surface area contributed by atoms with Crippen LogP contribution in [0.4, 0.5) is 0 Å². The minimum absolute atomic E-state index is 0.0457. The first-order valence-electron chi connectivity index (χ1n) is 5.01. The Morgan fingerprint density at radius 1 is 1.38 bits per heavy atom. The van der Waals surface area contributed by atoms with Gasteiger partial charge in [0.1, 0.15) is 18.5 Å². The van der Waals surface area contributed by atoms with Crippen molar-refractivity contribution in [1.82, 2.24) is 0 Å². The summed E-state index contributed by atoms with van der Waals surface area (Å²) in [6.45, 7) is 3.40. The first-order valence-corrected chi connectivity index (χ1v) is 5.01. The Labute approximate surface area is 94.7 Å². The molecular weight excluding hydrogens is 206 g/mol. The van der Waals surface area contributed by atoms with Crippen LogP contribution in [0.25, 0.3) is 0 Å². The summed E-state index contributed by atoms with van der Waals surface area (Å²) < 4.78 is 5.40. The van der Waals surface area contributed by atoms with Crippen LogP contribution < -0.4 is 4.74 Å². The van der Waals surface area contributed by atoms with Crippen LogP contribution in [0, 0.1) is 25.2 Å². The lowest BCUT2D eigenvalue weighted by molar-refractivity contribution is 0.0532. The first-order chi connectivity index (χ1) is 7.58. The Balaban J connectivity index is 2.85. The lowest BCUT2D eigenvalue weighted by Gasteiger charge is -2.14. The molecule has 1 unspecified atom stereocenters. The monoisotopic (exact) mass is 221 g/mol. The number of aliphatic hydroxyl groups excluding tert-OH is 2. The fourth-order valence-electron chi connectivity index (χ4n) is 1.47. The van der Waals surface area contributed by atoms with Crippen molar-refractivity contribution in [3.8, 4) is 11.8 Å². The molecule has 1 aromatic carbocycles. The van der Waals surface area contributed by atoms with Gasteiger partial charge in [-0.05, 0) is 37.1 Å². The van der Waals surface area contributed by atoms with Crippen LogP contribution in [-0.2, 0) is 0 Å². The summed E-state index contributed by atoms with van der Waals surface area (Å²) >= 11 is 0. The number of benzene rings is 1. The molecule has 4 heteroatoms. The summed E-state index contributed by atoms with van der Waals surface area (Å²) in [6.07, 6.45) is -0.880. The van der Waals surface area contributed by atoms with E-state index in [-0.39, 0.29) is 13.2 Å². The molecule has 0 spiro atoms. The zero-order valence-corrected chi connectivity index (χ0v) is 9.40. The maximum absolute atomic E-state index is 9.17. The molecule has 16 heavy (non-hydrogen) atoms. The molecule has 0 saturated heterocycles. The number of hydrogen-bond donors (Lipinski definition) is 2. The molecule has 1 rings (SSSR count). The van der Waals surface area contributed by atoms with Gasteiger partial charge in [0, 0.05) is 0 Å². The van der Waals surface area contributed by atoms with Gasteiger partial charge in [0.2, 0.25) is 0 Å². The summed E-state index contributed by atoms with van der Waals surface area (Å²) in [5.74, 6) is 0.659. The Hall–Kier alpha value is -1.57. The van der Waals surface area contributed by atoms with Gasteiger partial charge >= 0.3 is 0 Å². The Bertz CT molecular complexity index is 386. The molecule has 1 atom stereocenters. The predicted molar refractivity (Wildman–Crippen MR) is 59.2 cm³/mol. The van der Waals surface area contributed by atoms with Crippen LogP contribution >= 0.6 is 0 Å². The highest BCUT2D eigenvalue weighted by Crippen LogP contribution is 2.24. The predicted octanol–water partition coefficient (Wildman–Crippen LogP) is 0.907. The van der Waals surface area contributed by atoms with Crippen LogP contribution in [0.3, 0.4) is 0 Å². The van der Waals surface area contributed by atoms with E-state index in [0.717, 1.165) is 11.1 Å². The second-order valence-corrected chi connectivity index (χ2v) is 3.70. The van der Waals surface area contributed by atoms with Gasteiger partial charge < -0.3 is 14.9 Å². The van der Waals surface area contributed by atoms with E-state index in [4.69, 9.17) is 15.1 Å². The molecule has 0 radical (unpaired) electrons. The smallest absolute Gasteiger partial charge is 0.125 e. The standard InChI is InChI=1S/C12H15NO3/c1-8-3-10(5-13)4-9(2)12(8)16-7-11(15)6-14/h3-4,11,14-15H,6-7H2,1-2H3. The third-order valence-corrected chi connectivity index (χ3v) is 2.22. The summed E-state index contributed by atoms with van der Waals surface area (Å²) in [5.41, 5.74) is 2.29. The molecule has 2 N–H and O–H groups in total. The van der Waals surface area contributed by atoms with E-state index in [1.54, 1.807) is 12.1 Å². The molecule has 0 fully saturated rings. The number of aryl methyl sites for hydroxylation is 2. The Morgan fingerprint density at radius 3 is 2.38 bits per heavy atom. The largest absolute Gasteiger partial charge is 0.490 e. The van der Waals surface area contributed by atoms with Crippen molar-refractivity contribution in [2.75, 3.05) is 13.2 Å². The van der Waals surface area contributed by atoms with Crippen molar-refractivity contribution in [2.45, 2.75) is 20.0 Å². The maximum Gasteiger partial charge on any atom is 0.125 e. The highest BCUT2D eigenvalue weighted by Gasteiger charge is 2.09. The van der Waals surface area contributed by atoms with E-state index in [0.29, 0.717) is 11.3 Å². The van der Waals surface area contributed by atoms with Crippen molar-refractivity contribution in [3.63, 3.8) is 0 Å². The zero-order valence-electron chi connectivity index (χ0n) is 9.40. The van der Waals surface area contributed by atoms with E-state index < -0.39 is 6.10 Å². The van der Waals surface area contributed by atoms with Crippen molar-refractivity contribution in [1.29, 1.82) is 5.26 Å². The zero-order chi connectivity index (χ0) is 12.1. The molecule has 0 heterocycles. The van der Waals surface area contributed by atoms with E-state index in [1.165, 1.54) is 0 Å². The van der Waals surface area contributed by atoms with Gasteiger partial charge in [-0.2, -0.15) is 5.26 Å². The Morgan fingerprint density at radius 2 is 1.94 bits per heavy atom. The van der Waals surface area contributed by atoms with Gasteiger partial charge in [-0.3, -0.25) is 0 Å². The van der Waals surface area contributed by atoms with Gasteiger partial charge in [-0.25, -0.2) is 0 Å². The van der Waals surface area contributed by atoms with E-state index in [9.17, 15) is 5.11 Å². The van der Waals surface area contributed by atoms with Crippen LogP contribution in [-0.4, -0.2) is 29.5 Å². The molecule has 0 bridgehead atoms. The van der Waals surface area contributed by atoms with Crippen LogP contribution in [0.2, 0.25) is 0 Å². The van der Waals surface area contributed by atoms with Crippen LogP contribution in [0.1, 0.15) is 16.7 Å². The quantitative estimate of drug-likeness (QED) is 0.792. The lowest BCUT2D eigenvalue weighted by Crippen LogP contribution is -2.21. The second-order valence-electron chi connectivity index (χ2n) is 3.70. The average Bonchev–Trinajstić information content (AvgIpc) is 2.27. The van der Waals surface area contributed by atoms with Crippen molar-refractivity contribution >= 4 is 0 Å². The van der Waals surface area contributed by atoms with Crippen molar-refractivity contribution in [3.05, 3.63) is 28.8 Å². The van der Waals surface area contributed by atoms with Gasteiger partial charge in [-0.15, -0.1) is 0 Å². The molecular formula is C12H15NO3. The SMILES string of the molecule is Cc1cc(C#N)cc(C)c1OCC(O)CO. The normalized spacial score (nSPS) is 11.9. The van der Waals surface area contributed by atoms with Gasteiger partial charge in [0.25, 0.3) is 0 Å². The van der Waals surface area contributed by atoms with E-state index in [1.807, 2.05) is 13.8 Å². The minimum Gasteiger partial charge on any atom is -0.490 e. The van der Waals surface area contributed by atoms with Gasteiger partial charge in [0.15, 0.2) is 0 Å². The second kappa shape index (κ2) is 5.50. The maximum atomic E-state index is 9.17. The summed E-state index contributed by atoms with van der Waals surface area (Å²) in [4.78, 5) is 0. The fourth-order valence-corrected chi connectivity index (χ4v) is 1.47. The van der Waals surface area contributed by atoms with Gasteiger partial charge in [0.05, 0.1) is 18.2 Å². The highest BCUT2D eigenvalue weighted by molar-refractivity contribution is 5.47. The van der Waals surface area contributed by atoms with Crippen LogP contribution in [0.5, 0.6) is 5.75 Å². The molecule has 4 nitrogen and oxygen atoms in total. The summed E-state index contributed by atoms with van der Waals surface area (Å²) in [5, 5.41) is 26.6. The minimum atomic E-state index is -0.880. The third-order valence-electron chi connectivity index (χ3n) is 2.22. The molecule has 0 aromatic heterocycles. The molecule has 0 aliphatic rings.